The van der Waals surface area contributed by atoms with E-state index in [9.17, 15) is 10.2 Å². The van der Waals surface area contributed by atoms with E-state index in [2.05, 4.69) is 71.4 Å². The summed E-state index contributed by atoms with van der Waals surface area (Å²) < 4.78 is 0. The first-order valence-corrected chi connectivity index (χ1v) is 12.3. The molecule has 34 heavy (non-hydrogen) atoms. The topological polar surface area (TPSA) is 59.5 Å². The third-order valence-electron chi connectivity index (χ3n) is 8.37. The third-order valence-corrected chi connectivity index (χ3v) is 8.37. The molecule has 0 bridgehead atoms. The van der Waals surface area contributed by atoms with Gasteiger partial charge in [-0.1, -0.05) is 60.7 Å². The van der Waals surface area contributed by atoms with E-state index < -0.39 is 11.0 Å². The lowest BCUT2D eigenvalue weighted by Gasteiger charge is -2.56. The van der Waals surface area contributed by atoms with Crippen molar-refractivity contribution in [2.75, 3.05) is 19.6 Å². The number of aliphatic hydroxyl groups is 1. The summed E-state index contributed by atoms with van der Waals surface area (Å²) in [7, 11) is 0. The van der Waals surface area contributed by atoms with E-state index >= 15 is 0 Å². The van der Waals surface area contributed by atoms with E-state index in [0.29, 0.717) is 13.0 Å². The second kappa shape index (κ2) is 8.00. The number of aromatic hydroxyl groups is 1. The lowest BCUT2D eigenvalue weighted by Crippen LogP contribution is -2.66. The fourth-order valence-corrected chi connectivity index (χ4v) is 6.52. The second-order valence-electron chi connectivity index (χ2n) is 10.4. The van der Waals surface area contributed by atoms with Crippen LogP contribution in [0, 0.1) is 6.92 Å². The van der Waals surface area contributed by atoms with Crippen LogP contribution in [-0.4, -0.2) is 45.3 Å². The van der Waals surface area contributed by atoms with E-state index in [1.165, 1.54) is 33.3 Å². The number of phenolic OH excluding ortho intramolecular Hbond substituents is 1. The number of hydrogen-bond donors (Lipinski definition) is 3. The van der Waals surface area contributed by atoms with Crippen molar-refractivity contribution in [2.24, 2.45) is 0 Å². The molecule has 2 aliphatic rings. The fraction of sp³-hybridized carbons (Fsp3) is 0.333. The maximum Gasteiger partial charge on any atom is 0.115 e. The maximum atomic E-state index is 12.5. The molecule has 0 amide bonds. The smallest absolute Gasteiger partial charge is 0.115 e. The number of β-amino-alcohol motifs (C(OH)–C–C–N with tert-alkyl or cyclic N) is 1. The summed E-state index contributed by atoms with van der Waals surface area (Å²) in [6.07, 6.45) is 3.20. The van der Waals surface area contributed by atoms with Gasteiger partial charge in [0.05, 0.1) is 5.60 Å². The lowest BCUT2D eigenvalue weighted by atomic mass is 9.56. The zero-order valence-corrected chi connectivity index (χ0v) is 19.7. The number of aromatic nitrogens is 1. The summed E-state index contributed by atoms with van der Waals surface area (Å²) >= 11 is 0. The maximum absolute atomic E-state index is 12.5. The van der Waals surface area contributed by atoms with Gasteiger partial charge in [-0.05, 0) is 60.7 Å². The average molecular weight is 453 g/mol. The zero-order valence-electron chi connectivity index (χ0n) is 19.7. The van der Waals surface area contributed by atoms with Crippen molar-refractivity contribution in [1.29, 1.82) is 0 Å². The SMILES string of the molecule is Cc1cccc2c3c([nH]c12)C[C@]1(c2cccc(O)c2)CCN(CCc2ccccc2)C[C@@]1(O)C3. The highest BCUT2D eigenvalue weighted by molar-refractivity contribution is 5.88. The minimum atomic E-state index is -0.915. The summed E-state index contributed by atoms with van der Waals surface area (Å²) in [6, 6.07) is 24.6. The van der Waals surface area contributed by atoms with Crippen LogP contribution in [0.3, 0.4) is 0 Å². The first-order chi connectivity index (χ1) is 16.5. The Morgan fingerprint density at radius 2 is 1.79 bits per heavy atom. The Kier molecular flexibility index (Phi) is 5.05. The van der Waals surface area contributed by atoms with E-state index in [0.717, 1.165) is 37.9 Å². The van der Waals surface area contributed by atoms with Crippen LogP contribution in [0.15, 0.2) is 72.8 Å². The van der Waals surface area contributed by atoms with Crippen molar-refractivity contribution in [1.82, 2.24) is 9.88 Å². The Bertz CT molecular complexity index is 1340. The number of benzene rings is 3. The Morgan fingerprint density at radius 1 is 0.971 bits per heavy atom. The molecule has 4 aromatic rings. The average Bonchev–Trinajstić information content (AvgIpc) is 3.19. The van der Waals surface area contributed by atoms with Gasteiger partial charge in [0, 0.05) is 47.9 Å². The molecule has 1 aromatic heterocycles. The van der Waals surface area contributed by atoms with Crippen molar-refractivity contribution in [3.8, 4) is 5.75 Å². The van der Waals surface area contributed by atoms with Crippen molar-refractivity contribution >= 4 is 10.9 Å². The first-order valence-electron chi connectivity index (χ1n) is 12.3. The number of likely N-dealkylation sites (tertiary alicyclic amines) is 1. The highest BCUT2D eigenvalue weighted by atomic mass is 16.3. The van der Waals surface area contributed by atoms with Crippen molar-refractivity contribution in [3.63, 3.8) is 0 Å². The molecule has 0 saturated carbocycles. The van der Waals surface area contributed by atoms with Gasteiger partial charge in [0.1, 0.15) is 5.75 Å². The summed E-state index contributed by atoms with van der Waals surface area (Å²) in [6.45, 7) is 4.64. The Hall–Kier alpha value is -3.08. The zero-order chi connectivity index (χ0) is 23.3. The summed E-state index contributed by atoms with van der Waals surface area (Å²) in [5.74, 6) is 0.263. The summed E-state index contributed by atoms with van der Waals surface area (Å²) in [5.41, 5.74) is 5.92. The molecule has 4 nitrogen and oxygen atoms in total. The van der Waals surface area contributed by atoms with Gasteiger partial charge in [0.25, 0.3) is 0 Å². The minimum absolute atomic E-state index is 0.263. The first kappa shape index (κ1) is 21.5. The van der Waals surface area contributed by atoms with Crippen LogP contribution in [0.4, 0.5) is 0 Å². The third kappa shape index (κ3) is 3.36. The number of rotatable bonds is 4. The number of H-pyrrole nitrogens is 1. The van der Waals surface area contributed by atoms with Gasteiger partial charge in [0.15, 0.2) is 0 Å². The normalized spacial score (nSPS) is 24.6. The monoisotopic (exact) mass is 452 g/mol. The molecule has 2 heterocycles. The molecule has 1 aliphatic heterocycles. The molecular weight excluding hydrogens is 420 g/mol. The van der Waals surface area contributed by atoms with Gasteiger partial charge >= 0.3 is 0 Å². The number of piperidine rings is 1. The molecule has 174 valence electrons. The van der Waals surface area contributed by atoms with Gasteiger partial charge in [0.2, 0.25) is 0 Å². The predicted molar refractivity (Wildman–Crippen MR) is 136 cm³/mol. The second-order valence-corrected chi connectivity index (χ2v) is 10.4. The molecule has 0 radical (unpaired) electrons. The molecule has 3 aromatic carbocycles. The van der Waals surface area contributed by atoms with Crippen LogP contribution >= 0.6 is 0 Å². The minimum Gasteiger partial charge on any atom is -0.508 e. The number of phenols is 1. The van der Waals surface area contributed by atoms with Crippen LogP contribution in [-0.2, 0) is 24.7 Å². The highest BCUT2D eigenvalue weighted by Gasteiger charge is 2.57. The Balaban J connectivity index is 1.40. The molecule has 0 spiro atoms. The largest absolute Gasteiger partial charge is 0.508 e. The van der Waals surface area contributed by atoms with Gasteiger partial charge in [-0.25, -0.2) is 0 Å². The molecule has 2 atom stereocenters. The van der Waals surface area contributed by atoms with E-state index in [1.807, 2.05) is 12.1 Å². The molecule has 6 rings (SSSR count). The number of nitrogens with one attached hydrogen (secondary N) is 1. The fourth-order valence-electron chi connectivity index (χ4n) is 6.52. The molecule has 1 aliphatic carbocycles. The van der Waals surface area contributed by atoms with Gasteiger partial charge in [-0.2, -0.15) is 0 Å². The lowest BCUT2D eigenvalue weighted by molar-refractivity contribution is -0.102. The van der Waals surface area contributed by atoms with Crippen molar-refractivity contribution < 1.29 is 10.2 Å². The molecule has 4 heteroatoms. The predicted octanol–water partition coefficient (Wildman–Crippen LogP) is 4.90. The number of aryl methyl sites for hydroxylation is 1. The Morgan fingerprint density at radius 3 is 2.62 bits per heavy atom. The van der Waals surface area contributed by atoms with Crippen LogP contribution < -0.4 is 0 Å². The van der Waals surface area contributed by atoms with Crippen LogP contribution in [0.25, 0.3) is 10.9 Å². The molecule has 0 unspecified atom stereocenters. The number of para-hydroxylation sites is 1. The number of fused-ring (bicyclic) bond motifs is 4. The molecule has 3 N–H and O–H groups in total. The van der Waals surface area contributed by atoms with Gasteiger partial charge in [-0.15, -0.1) is 0 Å². The van der Waals surface area contributed by atoms with Crippen LogP contribution in [0.5, 0.6) is 5.75 Å². The molecule has 1 fully saturated rings. The van der Waals surface area contributed by atoms with Gasteiger partial charge in [-0.3, -0.25) is 0 Å². The van der Waals surface area contributed by atoms with E-state index in [-0.39, 0.29) is 5.75 Å². The number of hydrogen-bond acceptors (Lipinski definition) is 3. The van der Waals surface area contributed by atoms with Gasteiger partial charge < -0.3 is 20.1 Å². The quantitative estimate of drug-likeness (QED) is 0.413. The highest BCUT2D eigenvalue weighted by Crippen LogP contribution is 2.52. The Labute approximate surface area is 200 Å². The van der Waals surface area contributed by atoms with Crippen molar-refractivity contribution in [3.05, 3.63) is 101 Å². The number of aromatic amines is 1. The molecule has 1 saturated heterocycles. The molecular formula is C30H32N2O2. The number of nitrogens with zero attached hydrogens (tertiary/aromatic N) is 1. The van der Waals surface area contributed by atoms with E-state index in [4.69, 9.17) is 0 Å². The van der Waals surface area contributed by atoms with E-state index in [1.54, 1.807) is 6.07 Å². The summed E-state index contributed by atoms with van der Waals surface area (Å²) in [5, 5.41) is 24.1. The standard InChI is InChI=1S/C30H32N2O2/c1-21-7-5-12-25-26-18-30(34)20-32(15-13-22-8-3-2-4-9-22)16-14-29(30,19-27(26)31-28(21)25)23-10-6-11-24(33)17-23/h2-12,17,31,33-34H,13-16,18-20H2,1H3/t29-,30-/m0/s1. The van der Waals surface area contributed by atoms with Crippen LogP contribution in [0.2, 0.25) is 0 Å². The summed E-state index contributed by atoms with van der Waals surface area (Å²) in [4.78, 5) is 6.14. The van der Waals surface area contributed by atoms with Crippen LogP contribution in [0.1, 0.15) is 34.4 Å². The van der Waals surface area contributed by atoms with Crippen molar-refractivity contribution in [2.45, 2.75) is 43.6 Å².